The highest BCUT2D eigenvalue weighted by Crippen LogP contribution is 2.34. The maximum absolute atomic E-state index is 10.8. The van der Waals surface area contributed by atoms with Gasteiger partial charge in [-0.3, -0.25) is 0 Å². The quantitative estimate of drug-likeness (QED) is 0.887. The fourth-order valence-corrected chi connectivity index (χ4v) is 1.91. The number of carbonyl (C=O) groups is 1. The molecule has 2 heterocycles. The molecule has 92 valence electrons. The number of aromatic carboxylic acids is 1. The van der Waals surface area contributed by atoms with Gasteiger partial charge in [0.05, 0.1) is 11.8 Å². The molecule has 0 unspecified atom stereocenters. The molecular formula is C12H12N4O2. The fraction of sp³-hybridized carbons (Fsp3) is 0.333. The summed E-state index contributed by atoms with van der Waals surface area (Å²) in [6.45, 7) is 0. The number of nitrogens with zero attached hydrogens (tertiary/aromatic N) is 4. The summed E-state index contributed by atoms with van der Waals surface area (Å²) in [5, 5.41) is 12.8. The maximum Gasteiger partial charge on any atom is 0.338 e. The first-order valence-corrected chi connectivity index (χ1v) is 5.85. The number of rotatable bonds is 3. The Balaban J connectivity index is 1.92. The second kappa shape index (κ2) is 4.21. The Morgan fingerprint density at radius 3 is 2.89 bits per heavy atom. The zero-order chi connectivity index (χ0) is 12.5. The molecule has 0 aliphatic heterocycles. The Morgan fingerprint density at radius 1 is 1.44 bits per heavy atom. The van der Waals surface area contributed by atoms with Gasteiger partial charge in [0.25, 0.3) is 0 Å². The summed E-state index contributed by atoms with van der Waals surface area (Å²) >= 11 is 0. The summed E-state index contributed by atoms with van der Waals surface area (Å²) in [5.74, 6) is 0.888. The SMILES string of the molecule is O=C(O)c1cnn(-c2ccnc(C3CCC3)n2)c1. The van der Waals surface area contributed by atoms with Crippen LogP contribution in [0.1, 0.15) is 41.4 Å². The van der Waals surface area contributed by atoms with Crippen LogP contribution in [-0.4, -0.2) is 30.8 Å². The lowest BCUT2D eigenvalue weighted by Crippen LogP contribution is -2.13. The fourth-order valence-electron chi connectivity index (χ4n) is 1.91. The normalized spacial score (nSPS) is 15.3. The van der Waals surface area contributed by atoms with E-state index in [4.69, 9.17) is 5.11 Å². The molecule has 0 bridgehead atoms. The van der Waals surface area contributed by atoms with Crippen LogP contribution in [0.4, 0.5) is 0 Å². The molecule has 1 aliphatic rings. The monoisotopic (exact) mass is 244 g/mol. The lowest BCUT2D eigenvalue weighted by molar-refractivity contribution is 0.0697. The van der Waals surface area contributed by atoms with Gasteiger partial charge < -0.3 is 5.11 Å². The van der Waals surface area contributed by atoms with Crippen molar-refractivity contribution in [2.24, 2.45) is 0 Å². The molecule has 6 nitrogen and oxygen atoms in total. The molecule has 0 saturated heterocycles. The van der Waals surface area contributed by atoms with Crippen molar-refractivity contribution in [1.82, 2.24) is 19.7 Å². The molecule has 0 amide bonds. The van der Waals surface area contributed by atoms with Crippen LogP contribution in [0.25, 0.3) is 5.82 Å². The van der Waals surface area contributed by atoms with Crippen molar-refractivity contribution in [3.63, 3.8) is 0 Å². The van der Waals surface area contributed by atoms with Crippen LogP contribution in [0.5, 0.6) is 0 Å². The van der Waals surface area contributed by atoms with E-state index in [-0.39, 0.29) is 5.56 Å². The number of carboxylic acids is 1. The minimum Gasteiger partial charge on any atom is -0.478 e. The predicted octanol–water partition coefficient (Wildman–Crippen LogP) is 1.63. The van der Waals surface area contributed by atoms with E-state index < -0.39 is 5.97 Å². The molecule has 0 radical (unpaired) electrons. The number of hydrogen-bond donors (Lipinski definition) is 1. The van der Waals surface area contributed by atoms with Crippen molar-refractivity contribution in [3.05, 3.63) is 36.0 Å². The molecule has 0 spiro atoms. The summed E-state index contributed by atoms with van der Waals surface area (Å²) < 4.78 is 1.47. The summed E-state index contributed by atoms with van der Waals surface area (Å²) in [4.78, 5) is 19.5. The van der Waals surface area contributed by atoms with E-state index in [2.05, 4.69) is 15.1 Å². The van der Waals surface area contributed by atoms with Crippen LogP contribution in [0.3, 0.4) is 0 Å². The van der Waals surface area contributed by atoms with Crippen molar-refractivity contribution >= 4 is 5.97 Å². The predicted molar refractivity (Wildman–Crippen MR) is 62.7 cm³/mol. The molecular weight excluding hydrogens is 232 g/mol. The zero-order valence-electron chi connectivity index (χ0n) is 9.65. The Labute approximate surface area is 103 Å². The average molecular weight is 244 g/mol. The van der Waals surface area contributed by atoms with Gasteiger partial charge in [0.1, 0.15) is 5.82 Å². The molecule has 0 aromatic carbocycles. The van der Waals surface area contributed by atoms with Gasteiger partial charge in [-0.2, -0.15) is 5.10 Å². The van der Waals surface area contributed by atoms with Crippen molar-refractivity contribution in [3.8, 4) is 5.82 Å². The van der Waals surface area contributed by atoms with E-state index in [0.717, 1.165) is 18.7 Å². The van der Waals surface area contributed by atoms with Crippen LogP contribution < -0.4 is 0 Å². The van der Waals surface area contributed by atoms with Crippen LogP contribution in [0.15, 0.2) is 24.7 Å². The first-order valence-electron chi connectivity index (χ1n) is 5.85. The lowest BCUT2D eigenvalue weighted by atomic mass is 9.85. The number of hydrogen-bond acceptors (Lipinski definition) is 4. The Morgan fingerprint density at radius 2 is 2.28 bits per heavy atom. The summed E-state index contributed by atoms with van der Waals surface area (Å²) in [6.07, 6.45) is 7.94. The standard InChI is InChI=1S/C12H12N4O2/c17-12(18)9-6-14-16(7-9)10-4-5-13-11(15-10)8-2-1-3-8/h4-8H,1-3H2,(H,17,18). The molecule has 0 atom stereocenters. The Bertz CT molecular complexity index is 589. The van der Waals surface area contributed by atoms with Crippen LogP contribution in [-0.2, 0) is 0 Å². The van der Waals surface area contributed by atoms with Crippen molar-refractivity contribution in [2.75, 3.05) is 0 Å². The number of aromatic nitrogens is 4. The van der Waals surface area contributed by atoms with Crippen LogP contribution in [0, 0.1) is 0 Å². The van der Waals surface area contributed by atoms with E-state index in [9.17, 15) is 4.79 Å². The third kappa shape index (κ3) is 1.85. The average Bonchev–Trinajstić information content (AvgIpc) is 2.76. The van der Waals surface area contributed by atoms with E-state index >= 15 is 0 Å². The minimum atomic E-state index is -0.991. The van der Waals surface area contributed by atoms with Crippen LogP contribution in [0.2, 0.25) is 0 Å². The van der Waals surface area contributed by atoms with Crippen LogP contribution >= 0.6 is 0 Å². The zero-order valence-corrected chi connectivity index (χ0v) is 9.65. The highest BCUT2D eigenvalue weighted by molar-refractivity contribution is 5.86. The summed E-state index contributed by atoms with van der Waals surface area (Å²) in [7, 11) is 0. The lowest BCUT2D eigenvalue weighted by Gasteiger charge is -2.23. The number of carboxylic acid groups (broad SMARTS) is 1. The van der Waals surface area contributed by atoms with Gasteiger partial charge in [-0.15, -0.1) is 0 Å². The summed E-state index contributed by atoms with van der Waals surface area (Å²) in [5.41, 5.74) is 0.152. The molecule has 1 saturated carbocycles. The van der Waals surface area contributed by atoms with E-state index in [1.54, 1.807) is 12.3 Å². The van der Waals surface area contributed by atoms with Gasteiger partial charge in [-0.05, 0) is 12.8 Å². The van der Waals surface area contributed by atoms with E-state index in [1.165, 1.54) is 23.5 Å². The second-order valence-corrected chi connectivity index (χ2v) is 4.38. The third-order valence-corrected chi connectivity index (χ3v) is 3.19. The first-order chi connectivity index (χ1) is 8.74. The first kappa shape index (κ1) is 10.9. The van der Waals surface area contributed by atoms with E-state index in [0.29, 0.717) is 11.7 Å². The smallest absolute Gasteiger partial charge is 0.338 e. The molecule has 3 rings (SSSR count). The van der Waals surface area contributed by atoms with Crippen molar-refractivity contribution < 1.29 is 9.90 Å². The van der Waals surface area contributed by atoms with Gasteiger partial charge >= 0.3 is 5.97 Å². The Kier molecular flexibility index (Phi) is 2.55. The molecule has 18 heavy (non-hydrogen) atoms. The Hall–Kier alpha value is -2.24. The third-order valence-electron chi connectivity index (χ3n) is 3.19. The van der Waals surface area contributed by atoms with Gasteiger partial charge in [0.15, 0.2) is 5.82 Å². The second-order valence-electron chi connectivity index (χ2n) is 4.38. The van der Waals surface area contributed by atoms with Gasteiger partial charge in [0.2, 0.25) is 0 Å². The minimum absolute atomic E-state index is 0.152. The molecule has 6 heteroatoms. The maximum atomic E-state index is 10.8. The van der Waals surface area contributed by atoms with Crippen molar-refractivity contribution in [2.45, 2.75) is 25.2 Å². The molecule has 1 fully saturated rings. The summed E-state index contributed by atoms with van der Waals surface area (Å²) in [6, 6.07) is 1.72. The van der Waals surface area contributed by atoms with Crippen molar-refractivity contribution in [1.29, 1.82) is 0 Å². The highest BCUT2D eigenvalue weighted by atomic mass is 16.4. The van der Waals surface area contributed by atoms with E-state index in [1.807, 2.05) is 0 Å². The molecule has 1 N–H and O–H groups in total. The topological polar surface area (TPSA) is 80.9 Å². The van der Waals surface area contributed by atoms with Gasteiger partial charge in [0, 0.05) is 24.4 Å². The molecule has 1 aliphatic carbocycles. The highest BCUT2D eigenvalue weighted by Gasteiger charge is 2.22. The molecule has 2 aromatic heterocycles. The molecule has 2 aromatic rings. The van der Waals surface area contributed by atoms with Gasteiger partial charge in [-0.25, -0.2) is 19.4 Å². The van der Waals surface area contributed by atoms with Gasteiger partial charge in [-0.1, -0.05) is 6.42 Å². The largest absolute Gasteiger partial charge is 0.478 e.